The van der Waals surface area contributed by atoms with Crippen molar-refractivity contribution >= 4 is 5.69 Å². The lowest BCUT2D eigenvalue weighted by atomic mass is 9.88. The topological polar surface area (TPSA) is 34.6 Å². The molecule has 0 N–H and O–H groups in total. The van der Waals surface area contributed by atoms with Crippen molar-refractivity contribution in [3.63, 3.8) is 0 Å². The fourth-order valence-corrected chi connectivity index (χ4v) is 3.77. The van der Waals surface area contributed by atoms with Gasteiger partial charge in [-0.2, -0.15) is 0 Å². The minimum Gasteiger partial charge on any atom is -0.372 e. The fraction of sp³-hybridized carbons (Fsp3) is 0.450. The maximum Gasteiger partial charge on any atom is 0.0840 e. The smallest absolute Gasteiger partial charge is 0.0840 e. The van der Waals surface area contributed by atoms with Crippen LogP contribution in [0.4, 0.5) is 5.69 Å². The van der Waals surface area contributed by atoms with E-state index in [-0.39, 0.29) is 11.7 Å². The lowest BCUT2D eigenvalue weighted by Crippen LogP contribution is -2.44. The highest BCUT2D eigenvalue weighted by Gasteiger charge is 2.43. The summed E-state index contributed by atoms with van der Waals surface area (Å²) in [6.07, 6.45) is 7.10. The number of hydrogen-bond donors (Lipinski definition) is 0. The van der Waals surface area contributed by atoms with E-state index in [9.17, 15) is 0 Å². The first-order valence-corrected chi connectivity index (χ1v) is 8.78. The molecule has 0 aliphatic carbocycles. The predicted octanol–water partition coefficient (Wildman–Crippen LogP) is 3.43. The van der Waals surface area contributed by atoms with Gasteiger partial charge in [0.15, 0.2) is 0 Å². The fourth-order valence-electron chi connectivity index (χ4n) is 3.77. The Kier molecular flexibility index (Phi) is 4.50. The first kappa shape index (κ1) is 15.6. The molecule has 2 aromatic rings. The Morgan fingerprint density at radius 3 is 2.58 bits per heavy atom. The van der Waals surface area contributed by atoms with Gasteiger partial charge in [0.2, 0.25) is 0 Å². The minimum absolute atomic E-state index is 0.0187. The van der Waals surface area contributed by atoms with Crippen LogP contribution in [0.25, 0.3) is 0 Å². The second-order valence-corrected chi connectivity index (χ2v) is 6.81. The molecule has 1 spiro atoms. The van der Waals surface area contributed by atoms with Crippen molar-refractivity contribution in [3.05, 3.63) is 60.4 Å². The van der Waals surface area contributed by atoms with Gasteiger partial charge in [-0.15, -0.1) is 0 Å². The molecular formula is C20H24N2O2. The van der Waals surface area contributed by atoms with Gasteiger partial charge in [0, 0.05) is 37.6 Å². The molecule has 4 nitrogen and oxygen atoms in total. The Morgan fingerprint density at radius 1 is 1.08 bits per heavy atom. The number of aromatic nitrogens is 1. The number of anilines is 1. The number of rotatable bonds is 4. The molecule has 2 aliphatic rings. The summed E-state index contributed by atoms with van der Waals surface area (Å²) in [4.78, 5) is 6.52. The molecule has 2 aliphatic heterocycles. The summed E-state index contributed by atoms with van der Waals surface area (Å²) in [5, 5.41) is 0. The maximum absolute atomic E-state index is 6.20. The van der Waals surface area contributed by atoms with E-state index in [1.54, 1.807) is 0 Å². The van der Waals surface area contributed by atoms with Crippen LogP contribution < -0.4 is 4.90 Å². The monoisotopic (exact) mass is 324 g/mol. The number of pyridine rings is 1. The molecule has 0 radical (unpaired) electrons. The van der Waals surface area contributed by atoms with Crippen molar-refractivity contribution < 1.29 is 9.47 Å². The highest BCUT2D eigenvalue weighted by molar-refractivity contribution is 5.45. The van der Waals surface area contributed by atoms with Gasteiger partial charge in [0.05, 0.1) is 24.9 Å². The van der Waals surface area contributed by atoms with Crippen LogP contribution >= 0.6 is 0 Å². The van der Waals surface area contributed by atoms with E-state index < -0.39 is 0 Å². The van der Waals surface area contributed by atoms with Crippen LogP contribution in [0.3, 0.4) is 0 Å². The van der Waals surface area contributed by atoms with Crippen LogP contribution in [-0.4, -0.2) is 36.4 Å². The van der Waals surface area contributed by atoms with Crippen LogP contribution in [0.1, 0.15) is 24.8 Å². The van der Waals surface area contributed by atoms with Crippen molar-refractivity contribution in [2.75, 3.05) is 24.6 Å². The van der Waals surface area contributed by atoms with E-state index in [1.807, 2.05) is 18.5 Å². The summed E-state index contributed by atoms with van der Waals surface area (Å²) in [5.41, 5.74) is 2.51. The van der Waals surface area contributed by atoms with Crippen molar-refractivity contribution in [3.8, 4) is 0 Å². The number of piperidine rings is 1. The molecule has 3 heterocycles. The molecule has 2 saturated heterocycles. The van der Waals surface area contributed by atoms with E-state index in [1.165, 1.54) is 11.3 Å². The van der Waals surface area contributed by atoms with Gasteiger partial charge in [0.25, 0.3) is 0 Å². The normalized spacial score (nSPS) is 22.8. The van der Waals surface area contributed by atoms with Gasteiger partial charge >= 0.3 is 0 Å². The maximum atomic E-state index is 6.20. The van der Waals surface area contributed by atoms with Gasteiger partial charge in [0.1, 0.15) is 0 Å². The van der Waals surface area contributed by atoms with Crippen LogP contribution in [0.5, 0.6) is 0 Å². The summed E-state index contributed by atoms with van der Waals surface area (Å²) in [6.45, 7) is 3.47. The Labute approximate surface area is 143 Å². The van der Waals surface area contributed by atoms with Gasteiger partial charge in [-0.3, -0.25) is 4.98 Å². The average molecular weight is 324 g/mol. The van der Waals surface area contributed by atoms with Crippen LogP contribution in [0, 0.1) is 0 Å². The van der Waals surface area contributed by atoms with Gasteiger partial charge in [-0.1, -0.05) is 30.3 Å². The highest BCUT2D eigenvalue weighted by Crippen LogP contribution is 2.38. The van der Waals surface area contributed by atoms with Crippen molar-refractivity contribution in [2.45, 2.75) is 37.6 Å². The van der Waals surface area contributed by atoms with Crippen molar-refractivity contribution in [1.29, 1.82) is 0 Å². The minimum atomic E-state index is 0.0187. The van der Waals surface area contributed by atoms with Gasteiger partial charge in [-0.05, 0) is 30.5 Å². The molecule has 1 atom stereocenters. The zero-order valence-corrected chi connectivity index (χ0v) is 13.9. The molecular weight excluding hydrogens is 300 g/mol. The number of ether oxygens (including phenoxy) is 2. The van der Waals surface area contributed by atoms with Gasteiger partial charge in [-0.25, -0.2) is 0 Å². The Hall–Kier alpha value is -1.91. The Balaban J connectivity index is 1.29. The second kappa shape index (κ2) is 6.91. The third-order valence-corrected chi connectivity index (χ3v) is 5.21. The van der Waals surface area contributed by atoms with E-state index in [2.05, 4.69) is 46.3 Å². The SMILES string of the molecule is c1ccc(COC2COC3(CCN(c4ccncc4)CC3)C2)cc1. The lowest BCUT2D eigenvalue weighted by Gasteiger charge is -2.39. The molecule has 1 aromatic heterocycles. The molecule has 126 valence electrons. The standard InChI is InChI=1S/C20H24N2O2/c1-2-4-17(5-3-1)15-23-19-14-20(24-16-19)8-12-22(13-9-20)18-6-10-21-11-7-18/h1-7,10-11,19H,8-9,12-16H2. The van der Waals surface area contributed by atoms with Crippen LogP contribution in [0.15, 0.2) is 54.9 Å². The largest absolute Gasteiger partial charge is 0.372 e. The molecule has 0 saturated carbocycles. The number of nitrogens with zero attached hydrogens (tertiary/aromatic N) is 2. The first-order valence-electron chi connectivity index (χ1n) is 8.78. The molecule has 1 unspecified atom stereocenters. The molecule has 4 rings (SSSR count). The van der Waals surface area contributed by atoms with Crippen LogP contribution in [-0.2, 0) is 16.1 Å². The summed E-state index contributed by atoms with van der Waals surface area (Å²) in [6, 6.07) is 14.5. The van der Waals surface area contributed by atoms with Crippen molar-refractivity contribution in [1.82, 2.24) is 4.98 Å². The summed E-state index contributed by atoms with van der Waals surface area (Å²) < 4.78 is 12.3. The van der Waals surface area contributed by atoms with E-state index in [4.69, 9.17) is 9.47 Å². The average Bonchev–Trinajstić information content (AvgIpc) is 3.05. The second-order valence-electron chi connectivity index (χ2n) is 6.81. The molecule has 1 aromatic carbocycles. The van der Waals surface area contributed by atoms with E-state index in [0.717, 1.165) is 39.0 Å². The number of hydrogen-bond acceptors (Lipinski definition) is 4. The summed E-state index contributed by atoms with van der Waals surface area (Å²) >= 11 is 0. The third-order valence-electron chi connectivity index (χ3n) is 5.21. The van der Waals surface area contributed by atoms with E-state index >= 15 is 0 Å². The highest BCUT2D eigenvalue weighted by atomic mass is 16.6. The quantitative estimate of drug-likeness (QED) is 0.863. The number of benzene rings is 1. The first-order chi connectivity index (χ1) is 11.8. The summed E-state index contributed by atoms with van der Waals surface area (Å²) in [7, 11) is 0. The van der Waals surface area contributed by atoms with Gasteiger partial charge < -0.3 is 14.4 Å². The molecule has 0 amide bonds. The molecule has 2 fully saturated rings. The van der Waals surface area contributed by atoms with Crippen LogP contribution in [0.2, 0.25) is 0 Å². The molecule has 0 bridgehead atoms. The molecule has 4 heteroatoms. The zero-order valence-electron chi connectivity index (χ0n) is 13.9. The predicted molar refractivity (Wildman–Crippen MR) is 94.0 cm³/mol. The zero-order chi connectivity index (χ0) is 16.2. The lowest BCUT2D eigenvalue weighted by molar-refractivity contribution is -0.0203. The Bertz CT molecular complexity index is 639. The van der Waals surface area contributed by atoms with Crippen molar-refractivity contribution in [2.24, 2.45) is 0 Å². The molecule has 24 heavy (non-hydrogen) atoms. The summed E-state index contributed by atoms with van der Waals surface area (Å²) in [5.74, 6) is 0. The third kappa shape index (κ3) is 3.45. The Morgan fingerprint density at radius 2 is 1.83 bits per heavy atom. The van der Waals surface area contributed by atoms with E-state index in [0.29, 0.717) is 6.61 Å².